The zero-order valence-electron chi connectivity index (χ0n) is 16.4. The van der Waals surface area contributed by atoms with E-state index in [0.717, 1.165) is 5.56 Å². The van der Waals surface area contributed by atoms with Crippen molar-refractivity contribution < 1.29 is 24.0 Å². The number of hydrogen-bond acceptors (Lipinski definition) is 6. The first-order valence-electron chi connectivity index (χ1n) is 9.00. The highest BCUT2D eigenvalue weighted by atomic mass is 16.6. The maximum absolute atomic E-state index is 12.1. The van der Waals surface area contributed by atoms with Crippen LogP contribution in [0.25, 0.3) is 0 Å². The molecule has 0 aliphatic carbocycles. The van der Waals surface area contributed by atoms with Crippen LogP contribution in [0.15, 0.2) is 48.5 Å². The van der Waals surface area contributed by atoms with Gasteiger partial charge in [-0.1, -0.05) is 44.2 Å². The second kappa shape index (κ2) is 10.1. The van der Waals surface area contributed by atoms with E-state index in [1.807, 2.05) is 32.0 Å². The minimum Gasteiger partial charge on any atom is -0.483 e. The zero-order chi connectivity index (χ0) is 21.4. The number of nitrogens with zero attached hydrogens (tertiary/aromatic N) is 1. The van der Waals surface area contributed by atoms with Crippen LogP contribution < -0.4 is 20.3 Å². The van der Waals surface area contributed by atoms with E-state index in [2.05, 4.69) is 10.9 Å². The minimum absolute atomic E-state index is 0.0416. The molecule has 0 radical (unpaired) electrons. The van der Waals surface area contributed by atoms with Crippen molar-refractivity contribution in [2.24, 2.45) is 0 Å². The highest BCUT2D eigenvalue weighted by Gasteiger charge is 2.21. The summed E-state index contributed by atoms with van der Waals surface area (Å²) in [6.07, 6.45) is -1.07. The summed E-state index contributed by atoms with van der Waals surface area (Å²) in [6.45, 7) is 5.15. The standard InChI is InChI=1S/C20H23N3O6/c1-13(2)15-8-4-6-10-17(15)28-12-19(24)21-22-20(25)14(3)29-18-11-7-5-9-16(18)23(26)27/h4-11,13-14H,12H2,1-3H3,(H,21,24)(H,22,25). The summed E-state index contributed by atoms with van der Waals surface area (Å²) >= 11 is 0. The zero-order valence-corrected chi connectivity index (χ0v) is 16.4. The van der Waals surface area contributed by atoms with E-state index in [1.54, 1.807) is 12.1 Å². The summed E-state index contributed by atoms with van der Waals surface area (Å²) in [5.74, 6) is -0.444. The molecule has 2 aromatic carbocycles. The topological polar surface area (TPSA) is 120 Å². The third-order valence-electron chi connectivity index (χ3n) is 3.96. The van der Waals surface area contributed by atoms with Gasteiger partial charge in [0, 0.05) is 6.07 Å². The van der Waals surface area contributed by atoms with Crippen LogP contribution in [-0.2, 0) is 9.59 Å². The van der Waals surface area contributed by atoms with Gasteiger partial charge >= 0.3 is 5.69 Å². The summed E-state index contributed by atoms with van der Waals surface area (Å²) in [5, 5.41) is 11.0. The van der Waals surface area contributed by atoms with Crippen molar-refractivity contribution in [3.05, 3.63) is 64.2 Å². The lowest BCUT2D eigenvalue weighted by atomic mass is 10.0. The second-order valence-electron chi connectivity index (χ2n) is 6.50. The Labute approximate surface area is 168 Å². The second-order valence-corrected chi connectivity index (χ2v) is 6.50. The van der Waals surface area contributed by atoms with Crippen LogP contribution >= 0.6 is 0 Å². The number of nitrogens with one attached hydrogen (secondary N) is 2. The summed E-state index contributed by atoms with van der Waals surface area (Å²) in [4.78, 5) is 34.4. The van der Waals surface area contributed by atoms with Gasteiger partial charge in [0.25, 0.3) is 11.8 Å². The molecule has 2 aromatic rings. The van der Waals surface area contributed by atoms with Crippen molar-refractivity contribution in [1.82, 2.24) is 10.9 Å². The molecule has 9 heteroatoms. The normalized spacial score (nSPS) is 11.4. The predicted molar refractivity (Wildman–Crippen MR) is 105 cm³/mol. The summed E-state index contributed by atoms with van der Waals surface area (Å²) < 4.78 is 10.9. The molecule has 1 unspecified atom stereocenters. The van der Waals surface area contributed by atoms with E-state index in [9.17, 15) is 19.7 Å². The van der Waals surface area contributed by atoms with Gasteiger partial charge in [0.1, 0.15) is 5.75 Å². The average Bonchev–Trinajstić information content (AvgIpc) is 2.70. The molecular formula is C20H23N3O6. The number of nitro benzene ring substituents is 1. The number of carbonyl (C=O) groups is 2. The van der Waals surface area contributed by atoms with Crippen molar-refractivity contribution in [2.45, 2.75) is 32.8 Å². The lowest BCUT2D eigenvalue weighted by Gasteiger charge is -2.16. The molecule has 0 spiro atoms. The average molecular weight is 401 g/mol. The van der Waals surface area contributed by atoms with Crippen LogP contribution in [0.5, 0.6) is 11.5 Å². The van der Waals surface area contributed by atoms with Gasteiger partial charge in [0.05, 0.1) is 4.92 Å². The highest BCUT2D eigenvalue weighted by molar-refractivity contribution is 5.85. The number of amides is 2. The van der Waals surface area contributed by atoms with Crippen LogP contribution in [0, 0.1) is 10.1 Å². The minimum atomic E-state index is -1.07. The smallest absolute Gasteiger partial charge is 0.310 e. The van der Waals surface area contributed by atoms with Crippen molar-refractivity contribution in [3.63, 3.8) is 0 Å². The van der Waals surface area contributed by atoms with Crippen molar-refractivity contribution >= 4 is 17.5 Å². The third-order valence-corrected chi connectivity index (χ3v) is 3.96. The fourth-order valence-corrected chi connectivity index (χ4v) is 2.45. The molecule has 2 N–H and O–H groups in total. The molecule has 0 saturated heterocycles. The quantitative estimate of drug-likeness (QED) is 0.518. The molecule has 0 bridgehead atoms. The van der Waals surface area contributed by atoms with Gasteiger partial charge in [-0.15, -0.1) is 0 Å². The molecule has 0 aliphatic rings. The Kier molecular flexibility index (Phi) is 7.53. The van der Waals surface area contributed by atoms with Crippen molar-refractivity contribution in [3.8, 4) is 11.5 Å². The molecule has 0 heterocycles. The predicted octanol–water partition coefficient (Wildman–Crippen LogP) is 2.71. The van der Waals surface area contributed by atoms with E-state index >= 15 is 0 Å². The fourth-order valence-electron chi connectivity index (χ4n) is 2.45. The van der Waals surface area contributed by atoms with Gasteiger partial charge in [-0.3, -0.25) is 30.6 Å². The van der Waals surface area contributed by atoms with E-state index < -0.39 is 22.8 Å². The summed E-state index contributed by atoms with van der Waals surface area (Å²) in [5.41, 5.74) is 5.15. The molecule has 9 nitrogen and oxygen atoms in total. The van der Waals surface area contributed by atoms with Gasteiger partial charge in [0.2, 0.25) is 0 Å². The Morgan fingerprint density at radius 3 is 2.28 bits per heavy atom. The number of hydrogen-bond donors (Lipinski definition) is 2. The Balaban J connectivity index is 1.84. The molecule has 0 aliphatic heterocycles. The molecule has 0 fully saturated rings. The monoisotopic (exact) mass is 401 g/mol. The lowest BCUT2D eigenvalue weighted by molar-refractivity contribution is -0.386. The first kappa shape index (κ1) is 21.7. The molecular weight excluding hydrogens is 378 g/mol. The molecule has 1 atom stereocenters. The number of hydrazine groups is 1. The highest BCUT2D eigenvalue weighted by Crippen LogP contribution is 2.27. The Morgan fingerprint density at radius 1 is 1.00 bits per heavy atom. The third kappa shape index (κ3) is 6.20. The van der Waals surface area contributed by atoms with Gasteiger partial charge in [0.15, 0.2) is 18.5 Å². The number of benzene rings is 2. The van der Waals surface area contributed by atoms with Crippen molar-refractivity contribution in [2.75, 3.05) is 6.61 Å². The van der Waals surface area contributed by atoms with Crippen LogP contribution in [0.4, 0.5) is 5.69 Å². The number of carbonyl (C=O) groups excluding carboxylic acids is 2. The van der Waals surface area contributed by atoms with E-state index in [4.69, 9.17) is 9.47 Å². The van der Waals surface area contributed by atoms with Crippen LogP contribution in [0.2, 0.25) is 0 Å². The van der Waals surface area contributed by atoms with Gasteiger partial charge in [-0.05, 0) is 30.5 Å². The van der Waals surface area contributed by atoms with Crippen molar-refractivity contribution in [1.29, 1.82) is 0 Å². The Hall–Kier alpha value is -3.62. The fraction of sp³-hybridized carbons (Fsp3) is 0.300. The van der Waals surface area contributed by atoms with E-state index in [0.29, 0.717) is 5.75 Å². The van der Waals surface area contributed by atoms with Crippen LogP contribution in [-0.4, -0.2) is 29.4 Å². The number of rotatable bonds is 8. The lowest BCUT2D eigenvalue weighted by Crippen LogP contribution is -2.48. The first-order chi connectivity index (χ1) is 13.8. The molecule has 29 heavy (non-hydrogen) atoms. The maximum Gasteiger partial charge on any atom is 0.310 e. The largest absolute Gasteiger partial charge is 0.483 e. The number of nitro groups is 1. The van der Waals surface area contributed by atoms with E-state index in [1.165, 1.54) is 25.1 Å². The van der Waals surface area contributed by atoms with Gasteiger partial charge in [-0.2, -0.15) is 0 Å². The molecule has 0 saturated carbocycles. The molecule has 154 valence electrons. The number of ether oxygens (including phenoxy) is 2. The number of para-hydroxylation sites is 3. The molecule has 2 amide bonds. The Morgan fingerprint density at radius 2 is 1.62 bits per heavy atom. The van der Waals surface area contributed by atoms with Crippen LogP contribution in [0.3, 0.4) is 0 Å². The first-order valence-corrected chi connectivity index (χ1v) is 9.00. The maximum atomic E-state index is 12.1. The molecule has 2 rings (SSSR count). The van der Waals surface area contributed by atoms with Gasteiger partial charge in [-0.25, -0.2) is 0 Å². The van der Waals surface area contributed by atoms with E-state index in [-0.39, 0.29) is 24.0 Å². The SMILES string of the molecule is CC(Oc1ccccc1[N+](=O)[O-])C(=O)NNC(=O)COc1ccccc1C(C)C. The summed E-state index contributed by atoms with van der Waals surface area (Å²) in [6, 6.07) is 13.1. The summed E-state index contributed by atoms with van der Waals surface area (Å²) in [7, 11) is 0. The van der Waals surface area contributed by atoms with Gasteiger partial charge < -0.3 is 9.47 Å². The molecule has 0 aromatic heterocycles. The van der Waals surface area contributed by atoms with Crippen LogP contribution in [0.1, 0.15) is 32.3 Å². The Bertz CT molecular complexity index is 884.